The Morgan fingerprint density at radius 2 is 1.71 bits per heavy atom. The van der Waals surface area contributed by atoms with E-state index in [0.717, 1.165) is 19.4 Å². The van der Waals surface area contributed by atoms with Crippen LogP contribution >= 0.6 is 23.5 Å². The molecule has 0 amide bonds. The van der Waals surface area contributed by atoms with Gasteiger partial charge >= 0.3 is 11.4 Å². The highest BCUT2D eigenvalue weighted by Gasteiger charge is 2.31. The Labute approximate surface area is 256 Å². The molecule has 12 nitrogen and oxygen atoms in total. The van der Waals surface area contributed by atoms with E-state index in [0.29, 0.717) is 37.2 Å². The lowest BCUT2D eigenvalue weighted by Gasteiger charge is -2.39. The summed E-state index contributed by atoms with van der Waals surface area (Å²) in [5.41, 5.74) is -1.06. The minimum Gasteiger partial charge on any atom is -0.381 e. The van der Waals surface area contributed by atoms with Crippen LogP contribution in [0.1, 0.15) is 52.1 Å². The molecule has 5 atom stereocenters. The summed E-state index contributed by atoms with van der Waals surface area (Å²) in [5, 5.41) is -0.115. The van der Waals surface area contributed by atoms with Gasteiger partial charge in [-0.15, -0.1) is 23.5 Å². The van der Waals surface area contributed by atoms with Gasteiger partial charge in [0.25, 0.3) is 0 Å². The third-order valence-electron chi connectivity index (χ3n) is 7.92. The highest BCUT2D eigenvalue weighted by molar-refractivity contribution is 8.00. The SMILES string of the molecule is CCN(c1ccn(C2CO[C@H](COC)S2)c(=O)n1)C(C)CCC(C)(C)N(C)c1ccn([C@H]2CS[C@@H](COC)O2)c(=O)n1. The van der Waals surface area contributed by atoms with Gasteiger partial charge in [-0.3, -0.25) is 9.13 Å². The Morgan fingerprint density at radius 3 is 2.38 bits per heavy atom. The molecule has 0 aliphatic carbocycles. The van der Waals surface area contributed by atoms with Crippen molar-refractivity contribution in [3.05, 3.63) is 45.5 Å². The van der Waals surface area contributed by atoms with Crippen molar-refractivity contribution in [1.29, 1.82) is 0 Å². The molecule has 2 saturated heterocycles. The van der Waals surface area contributed by atoms with Gasteiger partial charge in [-0.05, 0) is 52.7 Å². The zero-order chi connectivity index (χ0) is 30.4. The van der Waals surface area contributed by atoms with Crippen molar-refractivity contribution in [3.8, 4) is 0 Å². The zero-order valence-corrected chi connectivity index (χ0v) is 27.2. The third-order valence-corrected chi connectivity index (χ3v) is 10.3. The van der Waals surface area contributed by atoms with E-state index in [4.69, 9.17) is 18.9 Å². The van der Waals surface area contributed by atoms with E-state index in [1.165, 1.54) is 0 Å². The lowest BCUT2D eigenvalue weighted by Crippen LogP contribution is -2.45. The summed E-state index contributed by atoms with van der Waals surface area (Å²) in [4.78, 5) is 38.9. The smallest absolute Gasteiger partial charge is 0.351 e. The first-order valence-electron chi connectivity index (χ1n) is 14.3. The maximum absolute atomic E-state index is 12.9. The Morgan fingerprint density at radius 1 is 1.07 bits per heavy atom. The fourth-order valence-corrected chi connectivity index (χ4v) is 7.34. The summed E-state index contributed by atoms with van der Waals surface area (Å²) in [7, 11) is 5.24. The summed E-state index contributed by atoms with van der Waals surface area (Å²) < 4.78 is 25.2. The number of methoxy groups -OCH3 is 2. The molecule has 0 N–H and O–H groups in total. The zero-order valence-electron chi connectivity index (χ0n) is 25.6. The first kappa shape index (κ1) is 32.8. The molecular weight excluding hydrogens is 580 g/mol. The summed E-state index contributed by atoms with van der Waals surface area (Å²) in [5.74, 6) is 1.96. The fourth-order valence-electron chi connectivity index (χ4n) is 5.11. The molecule has 4 heterocycles. The highest BCUT2D eigenvalue weighted by atomic mass is 32.2. The molecule has 2 aliphatic rings. The van der Waals surface area contributed by atoms with Gasteiger partial charge in [0.05, 0.1) is 19.8 Å². The molecule has 2 aliphatic heterocycles. The largest absolute Gasteiger partial charge is 0.381 e. The maximum Gasteiger partial charge on any atom is 0.351 e. The molecule has 42 heavy (non-hydrogen) atoms. The van der Waals surface area contributed by atoms with Crippen molar-refractivity contribution in [2.75, 3.05) is 63.2 Å². The first-order chi connectivity index (χ1) is 20.1. The average molecular weight is 625 g/mol. The summed E-state index contributed by atoms with van der Waals surface area (Å²) >= 11 is 3.20. The van der Waals surface area contributed by atoms with E-state index < -0.39 is 0 Å². The number of anilines is 2. The molecule has 2 aromatic rings. The van der Waals surface area contributed by atoms with Crippen molar-refractivity contribution in [3.63, 3.8) is 0 Å². The Balaban J connectivity index is 1.37. The Hall–Kier alpha value is -2.10. The van der Waals surface area contributed by atoms with E-state index in [-0.39, 0.29) is 45.4 Å². The quantitative estimate of drug-likeness (QED) is 0.308. The monoisotopic (exact) mass is 624 g/mol. The van der Waals surface area contributed by atoms with Crippen molar-refractivity contribution < 1.29 is 18.9 Å². The van der Waals surface area contributed by atoms with E-state index in [2.05, 4.69) is 47.5 Å². The van der Waals surface area contributed by atoms with Crippen molar-refractivity contribution in [2.24, 2.45) is 0 Å². The van der Waals surface area contributed by atoms with Crippen LogP contribution in [-0.2, 0) is 18.9 Å². The van der Waals surface area contributed by atoms with Gasteiger partial charge < -0.3 is 28.7 Å². The fraction of sp³-hybridized carbons (Fsp3) is 0.714. The Kier molecular flexibility index (Phi) is 11.4. The van der Waals surface area contributed by atoms with E-state index in [1.54, 1.807) is 53.1 Å². The van der Waals surface area contributed by atoms with Crippen LogP contribution in [0.3, 0.4) is 0 Å². The Bertz CT molecular complexity index is 1290. The van der Waals surface area contributed by atoms with Gasteiger partial charge in [0.1, 0.15) is 34.1 Å². The molecule has 4 rings (SSSR count). The van der Waals surface area contributed by atoms with Crippen LogP contribution in [0.2, 0.25) is 0 Å². The molecule has 0 bridgehead atoms. The van der Waals surface area contributed by atoms with E-state index in [9.17, 15) is 9.59 Å². The summed E-state index contributed by atoms with van der Waals surface area (Å²) in [6.07, 6.45) is 4.92. The summed E-state index contributed by atoms with van der Waals surface area (Å²) in [6.45, 7) is 10.6. The van der Waals surface area contributed by atoms with Crippen LogP contribution in [0.5, 0.6) is 0 Å². The summed E-state index contributed by atoms with van der Waals surface area (Å²) in [6, 6.07) is 3.91. The molecule has 2 aromatic heterocycles. The minimum absolute atomic E-state index is 0.0818. The molecule has 0 radical (unpaired) electrons. The number of ether oxygens (including phenoxy) is 4. The second kappa shape index (κ2) is 14.6. The molecule has 14 heteroatoms. The third kappa shape index (κ3) is 7.69. The number of aromatic nitrogens is 4. The van der Waals surface area contributed by atoms with Crippen LogP contribution in [0.25, 0.3) is 0 Å². The normalized spacial score (nSPS) is 23.3. The number of thioether (sulfide) groups is 2. The number of hydrogen-bond donors (Lipinski definition) is 0. The number of nitrogens with zero attached hydrogens (tertiary/aromatic N) is 6. The van der Waals surface area contributed by atoms with Crippen LogP contribution < -0.4 is 21.2 Å². The standard InChI is InChI=1S/C28H44N6O6S2/c1-8-32(21-11-14-34(27(36)30-21)23-15-39-24(42-23)16-37-6)19(2)9-12-28(3,4)31(5)20-10-13-33(26(35)29-20)22-18-41-25(40-22)17-38-7/h10-11,13-14,19,22-25H,8-9,12,15-18H2,1-7H3/t19?,22-,23?,24+,25+/m1/s1. The predicted molar refractivity (Wildman–Crippen MR) is 168 cm³/mol. The lowest BCUT2D eigenvalue weighted by atomic mass is 9.93. The topological polar surface area (TPSA) is 113 Å². The number of rotatable bonds is 14. The molecule has 234 valence electrons. The van der Waals surface area contributed by atoms with Crippen molar-refractivity contribution >= 4 is 35.2 Å². The van der Waals surface area contributed by atoms with Crippen LogP contribution in [0, 0.1) is 0 Å². The minimum atomic E-state index is -0.350. The predicted octanol–water partition coefficient (Wildman–Crippen LogP) is 3.18. The molecule has 2 fully saturated rings. The second-order valence-electron chi connectivity index (χ2n) is 11.1. The van der Waals surface area contributed by atoms with Crippen molar-refractivity contribution in [1.82, 2.24) is 19.1 Å². The van der Waals surface area contributed by atoms with E-state index >= 15 is 0 Å². The van der Waals surface area contributed by atoms with Gasteiger partial charge in [-0.25, -0.2) is 9.59 Å². The van der Waals surface area contributed by atoms with Crippen molar-refractivity contribution in [2.45, 2.75) is 74.6 Å². The van der Waals surface area contributed by atoms with Gasteiger partial charge in [-0.1, -0.05) is 0 Å². The van der Waals surface area contributed by atoms with Crippen LogP contribution in [0.15, 0.2) is 34.1 Å². The maximum atomic E-state index is 12.9. The lowest BCUT2D eigenvalue weighted by molar-refractivity contribution is -0.0152. The molecule has 0 aromatic carbocycles. The van der Waals surface area contributed by atoms with Gasteiger partial charge in [0.15, 0.2) is 0 Å². The second-order valence-corrected chi connectivity index (χ2v) is 13.6. The molecular formula is C28H44N6O6S2. The molecule has 0 spiro atoms. The number of hydrogen-bond acceptors (Lipinski definition) is 12. The average Bonchev–Trinajstić information content (AvgIpc) is 3.62. The van der Waals surface area contributed by atoms with Crippen LogP contribution in [0.4, 0.5) is 11.6 Å². The van der Waals surface area contributed by atoms with Gasteiger partial charge in [-0.2, -0.15) is 9.97 Å². The van der Waals surface area contributed by atoms with Crippen LogP contribution in [-0.4, -0.2) is 94.9 Å². The first-order valence-corrected chi connectivity index (χ1v) is 16.3. The highest BCUT2D eigenvalue weighted by Crippen LogP contribution is 2.35. The molecule has 2 unspecified atom stereocenters. The van der Waals surface area contributed by atoms with Gasteiger partial charge in [0, 0.05) is 57.5 Å². The van der Waals surface area contributed by atoms with E-state index in [1.807, 2.05) is 25.4 Å². The van der Waals surface area contributed by atoms with Gasteiger partial charge in [0.2, 0.25) is 0 Å². The molecule has 0 saturated carbocycles.